The summed E-state index contributed by atoms with van der Waals surface area (Å²) in [5.74, 6) is 0.994. The first kappa shape index (κ1) is 15.0. The molecule has 18 heavy (non-hydrogen) atoms. The molecule has 1 rings (SSSR count). The number of carbonyl (C=O) groups excluding carboxylic acids is 1. The van der Waals surface area contributed by atoms with E-state index >= 15 is 0 Å². The molecule has 0 amide bonds. The molecule has 0 heterocycles. The fourth-order valence-electron chi connectivity index (χ4n) is 1.39. The summed E-state index contributed by atoms with van der Waals surface area (Å²) in [7, 11) is 0. The van der Waals surface area contributed by atoms with E-state index in [0.717, 1.165) is 17.5 Å². The number of esters is 1. The molecule has 1 unspecified atom stereocenters. The van der Waals surface area contributed by atoms with Gasteiger partial charge >= 0.3 is 5.97 Å². The topological polar surface area (TPSA) is 35.5 Å². The second-order valence-corrected chi connectivity index (χ2v) is 4.63. The van der Waals surface area contributed by atoms with Crippen molar-refractivity contribution >= 4 is 21.9 Å². The maximum absolute atomic E-state index is 11.4. The van der Waals surface area contributed by atoms with Crippen LogP contribution in [0.25, 0.3) is 0 Å². The van der Waals surface area contributed by atoms with Crippen molar-refractivity contribution in [3.8, 4) is 5.75 Å². The van der Waals surface area contributed by atoms with Gasteiger partial charge in [-0.2, -0.15) is 0 Å². The van der Waals surface area contributed by atoms with Crippen LogP contribution in [0.2, 0.25) is 0 Å². The summed E-state index contributed by atoms with van der Waals surface area (Å²) >= 11 is 3.46. The van der Waals surface area contributed by atoms with Crippen LogP contribution in [0.4, 0.5) is 0 Å². The molecule has 0 aliphatic heterocycles. The number of halogens is 1. The summed E-state index contributed by atoms with van der Waals surface area (Å²) in [6.45, 7) is 5.00. The van der Waals surface area contributed by atoms with E-state index in [0.29, 0.717) is 24.7 Å². The van der Waals surface area contributed by atoms with Gasteiger partial charge in [0.2, 0.25) is 0 Å². The van der Waals surface area contributed by atoms with E-state index in [1.54, 1.807) is 31.2 Å². The minimum absolute atomic E-state index is 0.295. The molecule has 100 valence electrons. The van der Waals surface area contributed by atoms with E-state index in [1.807, 2.05) is 0 Å². The lowest BCUT2D eigenvalue weighted by molar-refractivity contribution is 0.0526. The smallest absolute Gasteiger partial charge is 0.338 e. The molecule has 0 spiro atoms. The predicted molar refractivity (Wildman–Crippen MR) is 75.5 cm³/mol. The summed E-state index contributed by atoms with van der Waals surface area (Å²) in [6.07, 6.45) is 1.08. The standard InChI is InChI=1S/C14H19BrO3/c1-3-11(9-15)10-18-13-7-5-12(6-8-13)14(16)17-4-2/h5-8,11H,3-4,9-10H2,1-2H3. The molecule has 0 saturated carbocycles. The molecule has 0 aromatic heterocycles. The van der Waals surface area contributed by atoms with Crippen molar-refractivity contribution in [1.82, 2.24) is 0 Å². The minimum Gasteiger partial charge on any atom is -0.493 e. The molecule has 4 heteroatoms. The Hall–Kier alpha value is -1.03. The summed E-state index contributed by atoms with van der Waals surface area (Å²) in [6, 6.07) is 7.05. The summed E-state index contributed by atoms with van der Waals surface area (Å²) in [5.41, 5.74) is 0.553. The summed E-state index contributed by atoms with van der Waals surface area (Å²) in [5, 5.41) is 0.935. The highest BCUT2D eigenvalue weighted by Crippen LogP contribution is 2.15. The Morgan fingerprint density at radius 3 is 2.44 bits per heavy atom. The van der Waals surface area contributed by atoms with Gasteiger partial charge in [0.25, 0.3) is 0 Å². The van der Waals surface area contributed by atoms with Crippen LogP contribution in [0.5, 0.6) is 5.75 Å². The Kier molecular flexibility index (Phi) is 6.80. The van der Waals surface area contributed by atoms with Crippen LogP contribution in [-0.4, -0.2) is 24.5 Å². The SMILES string of the molecule is CCOC(=O)c1ccc(OCC(CC)CBr)cc1. The highest BCUT2D eigenvalue weighted by atomic mass is 79.9. The summed E-state index contributed by atoms with van der Waals surface area (Å²) in [4.78, 5) is 11.4. The average molecular weight is 315 g/mol. The molecule has 1 aromatic rings. The molecule has 0 radical (unpaired) electrons. The molecular weight excluding hydrogens is 296 g/mol. The second kappa shape index (κ2) is 8.14. The van der Waals surface area contributed by atoms with E-state index in [-0.39, 0.29) is 5.97 Å². The Labute approximate surface area is 117 Å². The van der Waals surface area contributed by atoms with Gasteiger partial charge in [-0.05, 0) is 37.6 Å². The third-order valence-corrected chi connectivity index (χ3v) is 3.56. The zero-order chi connectivity index (χ0) is 13.4. The number of alkyl halides is 1. The van der Waals surface area contributed by atoms with Crippen molar-refractivity contribution in [2.75, 3.05) is 18.5 Å². The van der Waals surface area contributed by atoms with Crippen molar-refractivity contribution in [1.29, 1.82) is 0 Å². The van der Waals surface area contributed by atoms with Gasteiger partial charge in [0.05, 0.1) is 18.8 Å². The lowest BCUT2D eigenvalue weighted by Crippen LogP contribution is -2.12. The molecule has 0 saturated heterocycles. The van der Waals surface area contributed by atoms with Crippen LogP contribution in [0.15, 0.2) is 24.3 Å². The highest BCUT2D eigenvalue weighted by molar-refractivity contribution is 9.09. The first-order valence-electron chi connectivity index (χ1n) is 6.17. The van der Waals surface area contributed by atoms with Crippen LogP contribution in [0, 0.1) is 5.92 Å². The molecule has 1 aromatic carbocycles. The molecule has 0 bridgehead atoms. The first-order valence-corrected chi connectivity index (χ1v) is 7.29. The normalized spacial score (nSPS) is 11.9. The Balaban J connectivity index is 2.52. The van der Waals surface area contributed by atoms with Crippen LogP contribution >= 0.6 is 15.9 Å². The first-order chi connectivity index (χ1) is 8.71. The van der Waals surface area contributed by atoms with Crippen molar-refractivity contribution in [3.05, 3.63) is 29.8 Å². The van der Waals surface area contributed by atoms with Gasteiger partial charge in [0, 0.05) is 11.2 Å². The van der Waals surface area contributed by atoms with E-state index in [4.69, 9.17) is 9.47 Å². The Morgan fingerprint density at radius 2 is 1.94 bits per heavy atom. The number of hydrogen-bond donors (Lipinski definition) is 0. The Morgan fingerprint density at radius 1 is 1.28 bits per heavy atom. The van der Waals surface area contributed by atoms with Crippen molar-refractivity contribution < 1.29 is 14.3 Å². The number of hydrogen-bond acceptors (Lipinski definition) is 3. The lowest BCUT2D eigenvalue weighted by atomic mass is 10.1. The zero-order valence-corrected chi connectivity index (χ0v) is 12.4. The largest absolute Gasteiger partial charge is 0.493 e. The number of ether oxygens (including phenoxy) is 2. The molecule has 0 aliphatic carbocycles. The van der Waals surface area contributed by atoms with Crippen molar-refractivity contribution in [3.63, 3.8) is 0 Å². The van der Waals surface area contributed by atoms with Gasteiger partial charge in [-0.25, -0.2) is 4.79 Å². The molecular formula is C14H19BrO3. The predicted octanol–water partition coefficient (Wildman–Crippen LogP) is 3.66. The summed E-state index contributed by atoms with van der Waals surface area (Å²) < 4.78 is 10.6. The maximum atomic E-state index is 11.4. The quantitative estimate of drug-likeness (QED) is 0.569. The third-order valence-electron chi connectivity index (χ3n) is 2.65. The van der Waals surface area contributed by atoms with Crippen LogP contribution in [0.3, 0.4) is 0 Å². The van der Waals surface area contributed by atoms with Crippen molar-refractivity contribution in [2.24, 2.45) is 5.92 Å². The van der Waals surface area contributed by atoms with Crippen molar-refractivity contribution in [2.45, 2.75) is 20.3 Å². The fourth-order valence-corrected chi connectivity index (χ4v) is 2.03. The van der Waals surface area contributed by atoms with Crippen LogP contribution in [0.1, 0.15) is 30.6 Å². The van der Waals surface area contributed by atoms with Gasteiger partial charge in [0.15, 0.2) is 0 Å². The molecule has 3 nitrogen and oxygen atoms in total. The highest BCUT2D eigenvalue weighted by Gasteiger charge is 2.08. The van der Waals surface area contributed by atoms with Gasteiger partial charge < -0.3 is 9.47 Å². The Bertz CT molecular complexity index is 358. The van der Waals surface area contributed by atoms with Crippen LogP contribution < -0.4 is 4.74 Å². The van der Waals surface area contributed by atoms with E-state index in [9.17, 15) is 4.79 Å². The second-order valence-electron chi connectivity index (χ2n) is 3.98. The van der Waals surface area contributed by atoms with Gasteiger partial charge in [-0.1, -0.05) is 22.9 Å². The fraction of sp³-hybridized carbons (Fsp3) is 0.500. The van der Waals surface area contributed by atoms with Crippen LogP contribution in [-0.2, 0) is 4.74 Å². The van der Waals surface area contributed by atoms with Gasteiger partial charge in [-0.3, -0.25) is 0 Å². The van der Waals surface area contributed by atoms with E-state index in [1.165, 1.54) is 0 Å². The monoisotopic (exact) mass is 314 g/mol. The maximum Gasteiger partial charge on any atom is 0.338 e. The third kappa shape index (κ3) is 4.69. The number of carbonyl (C=O) groups is 1. The average Bonchev–Trinajstić information content (AvgIpc) is 2.41. The zero-order valence-electron chi connectivity index (χ0n) is 10.8. The van der Waals surface area contributed by atoms with Gasteiger partial charge in [-0.15, -0.1) is 0 Å². The number of benzene rings is 1. The molecule has 0 N–H and O–H groups in total. The van der Waals surface area contributed by atoms with E-state index in [2.05, 4.69) is 22.9 Å². The molecule has 0 aliphatic rings. The molecule has 1 atom stereocenters. The minimum atomic E-state index is -0.295. The number of rotatable bonds is 7. The molecule has 0 fully saturated rings. The van der Waals surface area contributed by atoms with Gasteiger partial charge in [0.1, 0.15) is 5.75 Å². The lowest BCUT2D eigenvalue weighted by Gasteiger charge is -2.13. The van der Waals surface area contributed by atoms with E-state index < -0.39 is 0 Å².